The van der Waals surface area contributed by atoms with E-state index in [-0.39, 0.29) is 52.8 Å². The predicted molar refractivity (Wildman–Crippen MR) is 45.3 cm³/mol. The number of para-hydroxylation sites is 1. The van der Waals surface area contributed by atoms with E-state index in [9.17, 15) is 4.79 Å². The van der Waals surface area contributed by atoms with Crippen molar-refractivity contribution in [1.29, 1.82) is 0 Å². The van der Waals surface area contributed by atoms with Gasteiger partial charge in [0, 0.05) is 0 Å². The van der Waals surface area contributed by atoms with Crippen LogP contribution < -0.4 is 56.1 Å². The molecule has 4 heteroatoms. The molecule has 0 spiro atoms. The quantitative estimate of drug-likeness (QED) is 0.622. The molecule has 0 aliphatic heterocycles. The van der Waals surface area contributed by atoms with Crippen molar-refractivity contribution in [2.75, 3.05) is 0 Å². The number of ether oxygens (including phenoxy) is 1. The molecule has 66 valence electrons. The number of hydrogen-bond donors (Lipinski definition) is 1. The van der Waals surface area contributed by atoms with E-state index in [1.165, 1.54) is 6.92 Å². The first-order valence-electron chi connectivity index (χ1n) is 3.64. The van der Waals surface area contributed by atoms with Crippen molar-refractivity contribution in [3.8, 4) is 5.75 Å². The summed E-state index contributed by atoms with van der Waals surface area (Å²) >= 11 is 0. The van der Waals surface area contributed by atoms with E-state index >= 15 is 0 Å². The molecule has 0 radical (unpaired) electrons. The van der Waals surface area contributed by atoms with Crippen LogP contribution in [0.1, 0.15) is 8.35 Å². The second-order valence-electron chi connectivity index (χ2n) is 2.41. The fourth-order valence-corrected chi connectivity index (χ4v) is 0.754. The molecule has 0 heterocycles. The zero-order valence-electron chi connectivity index (χ0n) is 8.73. The fraction of sp³-hybridized carbons (Fsp3) is 0.222. The Hall–Kier alpha value is 0.126. The van der Waals surface area contributed by atoms with Crippen molar-refractivity contribution >= 4 is 5.97 Å². The number of benzene rings is 1. The zero-order chi connectivity index (χ0) is 8.97. The maximum absolute atomic E-state index is 10.4. The molecule has 0 fully saturated rings. The second-order valence-corrected chi connectivity index (χ2v) is 2.41. The minimum absolute atomic E-state index is 0. The van der Waals surface area contributed by atoms with Crippen LogP contribution in [0.4, 0.5) is 0 Å². The van der Waals surface area contributed by atoms with Gasteiger partial charge in [0.05, 0.1) is 0 Å². The van der Waals surface area contributed by atoms with Crippen LogP contribution in [0.2, 0.25) is 0 Å². The summed E-state index contributed by atoms with van der Waals surface area (Å²) in [5, 5.41) is 8.52. The first kappa shape index (κ1) is 13.1. The smallest absolute Gasteiger partial charge is 1.00 e. The summed E-state index contributed by atoms with van der Waals surface area (Å²) in [7, 11) is 0. The molecule has 1 rings (SSSR count). The van der Waals surface area contributed by atoms with Gasteiger partial charge in [-0.1, -0.05) is 18.2 Å². The number of carboxylic acids is 1. The average Bonchev–Trinajstić information content (AvgIpc) is 2.06. The topological polar surface area (TPSA) is 46.5 Å². The molecule has 0 bridgehead atoms. The molecule has 0 aromatic heterocycles. The molecule has 1 aromatic carbocycles. The van der Waals surface area contributed by atoms with Crippen molar-refractivity contribution in [2.24, 2.45) is 0 Å². The Morgan fingerprint density at radius 1 is 1.46 bits per heavy atom. The van der Waals surface area contributed by atoms with Crippen molar-refractivity contribution in [3.63, 3.8) is 0 Å². The van der Waals surface area contributed by atoms with Gasteiger partial charge in [-0.25, -0.2) is 4.79 Å². The number of carboxylic acid groups (broad SMARTS) is 1. The normalized spacial score (nSPS) is 11.2. The van der Waals surface area contributed by atoms with Gasteiger partial charge in [0.25, 0.3) is 0 Å². The monoisotopic (exact) mass is 206 g/mol. The third-order valence-electron chi connectivity index (χ3n) is 1.40. The summed E-state index contributed by atoms with van der Waals surface area (Å²) in [5.41, 5.74) is 0. The van der Waals surface area contributed by atoms with Crippen LogP contribution in [0.5, 0.6) is 5.75 Å². The Balaban J connectivity index is 0. The van der Waals surface area contributed by atoms with Gasteiger partial charge >= 0.3 is 57.4 Å². The Labute approximate surface area is 121 Å². The van der Waals surface area contributed by atoms with Crippen molar-refractivity contribution in [3.05, 3.63) is 30.3 Å². The Morgan fingerprint density at radius 2 is 2.00 bits per heavy atom. The van der Waals surface area contributed by atoms with Crippen LogP contribution in [0.3, 0.4) is 0 Å². The van der Waals surface area contributed by atoms with E-state index in [1.807, 2.05) is 6.07 Å². The first-order chi connectivity index (χ1) is 5.70. The van der Waals surface area contributed by atoms with E-state index in [4.69, 9.17) is 9.84 Å². The summed E-state index contributed by atoms with van der Waals surface area (Å²) in [6, 6.07) is 8.88. The summed E-state index contributed by atoms with van der Waals surface area (Å²) in [6.45, 7) is 1.50. The Bertz CT molecular complexity index is 266. The van der Waals surface area contributed by atoms with E-state index in [0.29, 0.717) is 5.75 Å². The van der Waals surface area contributed by atoms with Crippen molar-refractivity contribution in [2.45, 2.75) is 13.0 Å². The van der Waals surface area contributed by atoms with Gasteiger partial charge in [0.2, 0.25) is 0 Å². The Morgan fingerprint density at radius 3 is 2.46 bits per heavy atom. The third kappa shape index (κ3) is 4.78. The summed E-state index contributed by atoms with van der Waals surface area (Å²) < 4.78 is 5.08. The molecular formula is C9H11KO3. The van der Waals surface area contributed by atoms with Gasteiger partial charge in [0.1, 0.15) is 5.75 Å². The van der Waals surface area contributed by atoms with Crippen LogP contribution in [0.25, 0.3) is 0 Å². The molecule has 0 aliphatic rings. The van der Waals surface area contributed by atoms with Crippen molar-refractivity contribution in [1.82, 2.24) is 0 Å². The minimum Gasteiger partial charge on any atom is -1.00 e. The fourth-order valence-electron chi connectivity index (χ4n) is 0.754. The molecule has 13 heavy (non-hydrogen) atoms. The zero-order valence-corrected chi connectivity index (χ0v) is 10.9. The molecule has 1 atom stereocenters. The van der Waals surface area contributed by atoms with Crippen molar-refractivity contribution < 1.29 is 67.4 Å². The number of rotatable bonds is 3. The van der Waals surface area contributed by atoms with E-state index in [0.717, 1.165) is 0 Å². The number of aliphatic carboxylic acids is 1. The molecule has 0 amide bonds. The molecule has 0 saturated heterocycles. The van der Waals surface area contributed by atoms with Gasteiger partial charge in [-0.05, 0) is 19.1 Å². The maximum Gasteiger partial charge on any atom is 1.00 e. The standard InChI is InChI=1S/C9H10O3.K.H/c1-7(9(10)11)12-8-5-3-2-4-6-8;;/h2-7H,1H3,(H,10,11);;/q;+1;-1. The van der Waals surface area contributed by atoms with Gasteiger partial charge in [0.15, 0.2) is 6.10 Å². The minimum atomic E-state index is -0.959. The second kappa shape index (κ2) is 6.56. The van der Waals surface area contributed by atoms with Crippen LogP contribution in [0, 0.1) is 0 Å². The van der Waals surface area contributed by atoms with Crippen LogP contribution in [-0.4, -0.2) is 17.2 Å². The van der Waals surface area contributed by atoms with E-state index < -0.39 is 12.1 Å². The van der Waals surface area contributed by atoms with Gasteiger partial charge in [-0.3, -0.25) is 0 Å². The summed E-state index contributed by atoms with van der Waals surface area (Å²) in [4.78, 5) is 10.4. The first-order valence-corrected chi connectivity index (χ1v) is 3.64. The molecule has 0 aliphatic carbocycles. The van der Waals surface area contributed by atoms with E-state index in [2.05, 4.69) is 0 Å². The largest absolute Gasteiger partial charge is 1.00 e. The number of hydrogen-bond acceptors (Lipinski definition) is 2. The molecule has 1 N–H and O–H groups in total. The molecule has 1 unspecified atom stereocenters. The van der Waals surface area contributed by atoms with Crippen LogP contribution >= 0.6 is 0 Å². The summed E-state index contributed by atoms with van der Waals surface area (Å²) in [6.07, 6.45) is -0.799. The summed E-state index contributed by atoms with van der Waals surface area (Å²) in [5.74, 6) is -0.383. The molecule has 3 nitrogen and oxygen atoms in total. The number of carbonyl (C=O) groups is 1. The van der Waals surface area contributed by atoms with Gasteiger partial charge < -0.3 is 11.3 Å². The van der Waals surface area contributed by atoms with E-state index in [1.54, 1.807) is 24.3 Å². The third-order valence-corrected chi connectivity index (χ3v) is 1.40. The van der Waals surface area contributed by atoms with Crippen LogP contribution in [-0.2, 0) is 4.79 Å². The SMILES string of the molecule is CC(Oc1ccccc1)C(=O)O.[H-].[K+]. The Kier molecular flexibility index (Phi) is 6.62. The molecule has 1 aromatic rings. The predicted octanol–water partition coefficient (Wildman–Crippen LogP) is -1.34. The molecule has 0 saturated carbocycles. The van der Waals surface area contributed by atoms with Gasteiger partial charge in [-0.15, -0.1) is 0 Å². The van der Waals surface area contributed by atoms with Crippen LogP contribution in [0.15, 0.2) is 30.3 Å². The van der Waals surface area contributed by atoms with Gasteiger partial charge in [-0.2, -0.15) is 0 Å². The molecular weight excluding hydrogens is 195 g/mol. The maximum atomic E-state index is 10.4. The average molecular weight is 206 g/mol.